The molecule has 0 unspecified atom stereocenters. The Labute approximate surface area is 135 Å². The number of carbonyl (C=O) groups is 1. The first-order valence-corrected chi connectivity index (χ1v) is 7.89. The van der Waals surface area contributed by atoms with Gasteiger partial charge in [-0.2, -0.15) is 0 Å². The SMILES string of the molecule is Cc1cc(C(=O)N2CCC(COc3ncccn3)CC2)c(C)o1. The molecule has 0 atom stereocenters. The van der Waals surface area contributed by atoms with E-state index in [4.69, 9.17) is 9.15 Å². The zero-order valence-electron chi connectivity index (χ0n) is 13.5. The highest BCUT2D eigenvalue weighted by molar-refractivity contribution is 5.95. The van der Waals surface area contributed by atoms with Gasteiger partial charge in [0.05, 0.1) is 12.2 Å². The summed E-state index contributed by atoms with van der Waals surface area (Å²) in [5.41, 5.74) is 0.676. The summed E-state index contributed by atoms with van der Waals surface area (Å²) in [6, 6.07) is 3.99. The highest BCUT2D eigenvalue weighted by Gasteiger charge is 2.26. The lowest BCUT2D eigenvalue weighted by atomic mass is 9.97. The molecule has 0 aliphatic carbocycles. The summed E-state index contributed by atoms with van der Waals surface area (Å²) in [5, 5.41) is 0. The quantitative estimate of drug-likeness (QED) is 0.867. The zero-order chi connectivity index (χ0) is 16.2. The number of amides is 1. The third-order valence-corrected chi connectivity index (χ3v) is 4.16. The van der Waals surface area contributed by atoms with Gasteiger partial charge >= 0.3 is 6.01 Å². The van der Waals surface area contributed by atoms with Crippen molar-refractivity contribution >= 4 is 5.91 Å². The van der Waals surface area contributed by atoms with Crippen LogP contribution in [-0.2, 0) is 0 Å². The minimum absolute atomic E-state index is 0.0603. The number of piperidine rings is 1. The Morgan fingerprint density at radius 3 is 2.61 bits per heavy atom. The minimum atomic E-state index is 0.0603. The smallest absolute Gasteiger partial charge is 0.316 e. The maximum atomic E-state index is 12.5. The van der Waals surface area contributed by atoms with E-state index in [-0.39, 0.29) is 5.91 Å². The molecule has 0 bridgehead atoms. The van der Waals surface area contributed by atoms with Gasteiger partial charge in [-0.15, -0.1) is 0 Å². The first-order chi connectivity index (χ1) is 11.1. The first-order valence-electron chi connectivity index (χ1n) is 7.89. The molecule has 6 heteroatoms. The number of hydrogen-bond donors (Lipinski definition) is 0. The molecule has 0 N–H and O–H groups in total. The van der Waals surface area contributed by atoms with Crippen LogP contribution >= 0.6 is 0 Å². The van der Waals surface area contributed by atoms with Gasteiger partial charge in [-0.05, 0) is 44.7 Å². The summed E-state index contributed by atoms with van der Waals surface area (Å²) >= 11 is 0. The lowest BCUT2D eigenvalue weighted by molar-refractivity contribution is 0.0655. The summed E-state index contributed by atoms with van der Waals surface area (Å²) in [5.74, 6) is 1.95. The second-order valence-corrected chi connectivity index (χ2v) is 5.90. The number of nitrogens with zero attached hydrogens (tertiary/aromatic N) is 3. The van der Waals surface area contributed by atoms with E-state index in [1.165, 1.54) is 0 Å². The minimum Gasteiger partial charge on any atom is -0.466 e. The van der Waals surface area contributed by atoms with Crippen LogP contribution in [-0.4, -0.2) is 40.5 Å². The molecule has 122 valence electrons. The maximum absolute atomic E-state index is 12.5. The van der Waals surface area contributed by atoms with Crippen LogP contribution < -0.4 is 4.74 Å². The first kappa shape index (κ1) is 15.5. The summed E-state index contributed by atoms with van der Waals surface area (Å²) in [7, 11) is 0. The van der Waals surface area contributed by atoms with Crippen LogP contribution in [0.2, 0.25) is 0 Å². The molecular weight excluding hydrogens is 294 g/mol. The van der Waals surface area contributed by atoms with Gasteiger partial charge in [0.25, 0.3) is 5.91 Å². The van der Waals surface area contributed by atoms with Gasteiger partial charge in [-0.3, -0.25) is 4.79 Å². The van der Waals surface area contributed by atoms with Crippen LogP contribution in [0.3, 0.4) is 0 Å². The number of aromatic nitrogens is 2. The number of hydrogen-bond acceptors (Lipinski definition) is 5. The van der Waals surface area contributed by atoms with Crippen LogP contribution in [0.15, 0.2) is 28.9 Å². The summed E-state index contributed by atoms with van der Waals surface area (Å²) in [6.07, 6.45) is 5.18. The molecule has 3 rings (SSSR count). The van der Waals surface area contributed by atoms with Gasteiger partial charge in [-0.25, -0.2) is 9.97 Å². The molecule has 1 saturated heterocycles. The van der Waals surface area contributed by atoms with Crippen molar-refractivity contribution in [1.82, 2.24) is 14.9 Å². The predicted octanol–water partition coefficient (Wildman–Crippen LogP) is 2.62. The highest BCUT2D eigenvalue weighted by Crippen LogP contribution is 2.22. The van der Waals surface area contributed by atoms with Crippen molar-refractivity contribution in [1.29, 1.82) is 0 Å². The Morgan fingerprint density at radius 2 is 2.00 bits per heavy atom. The van der Waals surface area contributed by atoms with Crippen molar-refractivity contribution < 1.29 is 13.9 Å². The molecule has 1 fully saturated rings. The summed E-state index contributed by atoms with van der Waals surface area (Å²) in [4.78, 5) is 22.5. The Morgan fingerprint density at radius 1 is 1.30 bits per heavy atom. The largest absolute Gasteiger partial charge is 0.466 e. The molecule has 0 aromatic carbocycles. The van der Waals surface area contributed by atoms with Gasteiger partial charge in [0.2, 0.25) is 0 Å². The summed E-state index contributed by atoms with van der Waals surface area (Å²) in [6.45, 7) is 5.77. The van der Waals surface area contributed by atoms with Crippen molar-refractivity contribution in [2.45, 2.75) is 26.7 Å². The van der Waals surface area contributed by atoms with Gasteiger partial charge in [-0.1, -0.05) is 0 Å². The van der Waals surface area contributed by atoms with Gasteiger partial charge in [0.1, 0.15) is 11.5 Å². The molecule has 0 radical (unpaired) electrons. The fraction of sp³-hybridized carbons (Fsp3) is 0.471. The predicted molar refractivity (Wildman–Crippen MR) is 84.3 cm³/mol. The summed E-state index contributed by atoms with van der Waals surface area (Å²) < 4.78 is 11.1. The van der Waals surface area contributed by atoms with E-state index in [0.29, 0.717) is 29.9 Å². The van der Waals surface area contributed by atoms with Gasteiger partial charge in [0.15, 0.2) is 0 Å². The Kier molecular flexibility index (Phi) is 4.60. The molecule has 1 aliphatic heterocycles. The Bertz CT molecular complexity index is 661. The van der Waals surface area contributed by atoms with E-state index in [1.54, 1.807) is 18.5 Å². The maximum Gasteiger partial charge on any atom is 0.316 e. The fourth-order valence-corrected chi connectivity index (χ4v) is 2.87. The number of ether oxygens (including phenoxy) is 1. The van der Waals surface area contributed by atoms with Crippen LogP contribution in [0.1, 0.15) is 34.7 Å². The third-order valence-electron chi connectivity index (χ3n) is 4.16. The molecule has 0 spiro atoms. The Balaban J connectivity index is 1.50. The third kappa shape index (κ3) is 3.70. The van der Waals surface area contributed by atoms with E-state index in [2.05, 4.69) is 9.97 Å². The monoisotopic (exact) mass is 315 g/mol. The Hall–Kier alpha value is -2.37. The molecule has 6 nitrogen and oxygen atoms in total. The lowest BCUT2D eigenvalue weighted by Crippen LogP contribution is -2.39. The number of likely N-dealkylation sites (tertiary alicyclic amines) is 1. The average Bonchev–Trinajstić information content (AvgIpc) is 2.92. The lowest BCUT2D eigenvalue weighted by Gasteiger charge is -2.31. The molecular formula is C17H21N3O3. The number of aryl methyl sites for hydroxylation is 2. The average molecular weight is 315 g/mol. The van der Waals surface area contributed by atoms with E-state index < -0.39 is 0 Å². The zero-order valence-corrected chi connectivity index (χ0v) is 13.5. The molecule has 2 aromatic rings. The van der Waals surface area contributed by atoms with E-state index >= 15 is 0 Å². The van der Waals surface area contributed by atoms with Crippen molar-refractivity contribution in [3.63, 3.8) is 0 Å². The normalized spacial score (nSPS) is 15.7. The number of furan rings is 1. The van der Waals surface area contributed by atoms with Crippen LogP contribution in [0.25, 0.3) is 0 Å². The van der Waals surface area contributed by atoms with Gasteiger partial charge in [0, 0.05) is 25.5 Å². The number of rotatable bonds is 4. The van der Waals surface area contributed by atoms with E-state index in [0.717, 1.165) is 31.7 Å². The molecule has 3 heterocycles. The van der Waals surface area contributed by atoms with Gasteiger partial charge < -0.3 is 14.1 Å². The van der Waals surface area contributed by atoms with E-state index in [1.807, 2.05) is 24.8 Å². The van der Waals surface area contributed by atoms with Crippen molar-refractivity contribution in [2.24, 2.45) is 5.92 Å². The molecule has 1 amide bonds. The van der Waals surface area contributed by atoms with Crippen molar-refractivity contribution in [3.8, 4) is 6.01 Å². The molecule has 23 heavy (non-hydrogen) atoms. The standard InChI is InChI=1S/C17H21N3O3/c1-12-10-15(13(2)23-12)16(21)20-8-4-14(5-9-20)11-22-17-18-6-3-7-19-17/h3,6-7,10,14H,4-5,8-9,11H2,1-2H3. The van der Waals surface area contributed by atoms with E-state index in [9.17, 15) is 4.79 Å². The second-order valence-electron chi connectivity index (χ2n) is 5.90. The van der Waals surface area contributed by atoms with Crippen LogP contribution in [0.4, 0.5) is 0 Å². The highest BCUT2D eigenvalue weighted by atomic mass is 16.5. The van der Waals surface area contributed by atoms with Crippen molar-refractivity contribution in [2.75, 3.05) is 19.7 Å². The fourth-order valence-electron chi connectivity index (χ4n) is 2.87. The number of carbonyl (C=O) groups excluding carboxylic acids is 1. The topological polar surface area (TPSA) is 68.5 Å². The van der Waals surface area contributed by atoms with Crippen LogP contribution in [0, 0.1) is 19.8 Å². The second kappa shape index (κ2) is 6.81. The van der Waals surface area contributed by atoms with Crippen LogP contribution in [0.5, 0.6) is 6.01 Å². The molecule has 1 aliphatic rings. The molecule has 2 aromatic heterocycles. The molecule has 0 saturated carbocycles. The van der Waals surface area contributed by atoms with Crippen molar-refractivity contribution in [3.05, 3.63) is 41.6 Å².